The van der Waals surface area contributed by atoms with Crippen LogP contribution >= 0.6 is 12.4 Å². The molecule has 0 unspecified atom stereocenters. The Morgan fingerprint density at radius 3 is 2.67 bits per heavy atom. The summed E-state index contributed by atoms with van der Waals surface area (Å²) in [4.78, 5) is 0. The predicted octanol–water partition coefficient (Wildman–Crippen LogP) is 1.20. The van der Waals surface area contributed by atoms with Gasteiger partial charge in [0.05, 0.1) is 7.11 Å². The largest absolute Gasteiger partial charge is 0.508 e. The van der Waals surface area contributed by atoms with Gasteiger partial charge in [-0.25, -0.2) is 0 Å². The van der Waals surface area contributed by atoms with Crippen molar-refractivity contribution in [2.75, 3.05) is 13.7 Å². The monoisotopic (exact) mass is 233 g/mol. The second-order valence-corrected chi connectivity index (χ2v) is 3.04. The van der Waals surface area contributed by atoms with E-state index < -0.39 is 0 Å². The van der Waals surface area contributed by atoms with Gasteiger partial charge in [0.1, 0.15) is 11.5 Å². The highest BCUT2D eigenvalue weighted by molar-refractivity contribution is 5.85. The van der Waals surface area contributed by atoms with Crippen LogP contribution in [0.1, 0.15) is 18.0 Å². The van der Waals surface area contributed by atoms with Gasteiger partial charge >= 0.3 is 0 Å². The van der Waals surface area contributed by atoms with Crippen LogP contribution in [0.15, 0.2) is 18.2 Å². The SMILES string of the molecule is COc1ccc(O)c([C@@H](N)CCO)c1.Cl. The third kappa shape index (κ3) is 3.58. The molecule has 86 valence electrons. The fourth-order valence-corrected chi connectivity index (χ4v) is 1.25. The zero-order valence-corrected chi connectivity index (χ0v) is 9.33. The van der Waals surface area contributed by atoms with E-state index in [0.29, 0.717) is 17.7 Å². The summed E-state index contributed by atoms with van der Waals surface area (Å²) < 4.78 is 5.01. The molecule has 0 heterocycles. The number of hydrogen-bond donors (Lipinski definition) is 3. The number of phenolic OH excluding ortho intramolecular Hbond substituents is 1. The van der Waals surface area contributed by atoms with E-state index in [1.165, 1.54) is 6.07 Å². The number of aliphatic hydroxyl groups is 1. The Bertz CT molecular complexity index is 307. The molecule has 0 bridgehead atoms. The maximum Gasteiger partial charge on any atom is 0.120 e. The summed E-state index contributed by atoms with van der Waals surface area (Å²) >= 11 is 0. The molecule has 0 radical (unpaired) electrons. The van der Waals surface area contributed by atoms with Crippen molar-refractivity contribution < 1.29 is 14.9 Å². The average Bonchev–Trinajstić information content (AvgIpc) is 2.19. The standard InChI is InChI=1S/C10H15NO3.ClH/c1-14-7-2-3-10(13)8(6-7)9(11)4-5-12;/h2-3,6,9,12-13H,4-5,11H2,1H3;1H/t9-;/m0./s1. The Morgan fingerprint density at radius 1 is 1.47 bits per heavy atom. The molecule has 0 aliphatic carbocycles. The van der Waals surface area contributed by atoms with Crippen LogP contribution in [0, 0.1) is 0 Å². The lowest BCUT2D eigenvalue weighted by atomic mass is 10.0. The van der Waals surface area contributed by atoms with Gasteiger partial charge in [-0.2, -0.15) is 0 Å². The molecule has 1 aromatic carbocycles. The van der Waals surface area contributed by atoms with Crippen molar-refractivity contribution in [1.29, 1.82) is 0 Å². The molecule has 4 nitrogen and oxygen atoms in total. The average molecular weight is 234 g/mol. The van der Waals surface area contributed by atoms with Crippen molar-refractivity contribution in [3.8, 4) is 11.5 Å². The highest BCUT2D eigenvalue weighted by Gasteiger charge is 2.11. The highest BCUT2D eigenvalue weighted by Crippen LogP contribution is 2.28. The van der Waals surface area contributed by atoms with E-state index in [9.17, 15) is 5.11 Å². The molecule has 1 aromatic rings. The Labute approximate surface area is 95.1 Å². The van der Waals surface area contributed by atoms with Gasteiger partial charge in [0.2, 0.25) is 0 Å². The van der Waals surface area contributed by atoms with Crippen LogP contribution in [0.25, 0.3) is 0 Å². The summed E-state index contributed by atoms with van der Waals surface area (Å²) in [7, 11) is 1.55. The van der Waals surface area contributed by atoms with Gasteiger partial charge < -0.3 is 20.7 Å². The number of phenols is 1. The van der Waals surface area contributed by atoms with E-state index in [0.717, 1.165) is 0 Å². The lowest BCUT2D eigenvalue weighted by molar-refractivity contribution is 0.275. The minimum Gasteiger partial charge on any atom is -0.508 e. The lowest BCUT2D eigenvalue weighted by Gasteiger charge is -2.13. The first-order chi connectivity index (χ1) is 6.69. The molecule has 0 spiro atoms. The smallest absolute Gasteiger partial charge is 0.120 e. The first-order valence-corrected chi connectivity index (χ1v) is 4.42. The van der Waals surface area contributed by atoms with Gasteiger partial charge in [0.15, 0.2) is 0 Å². The summed E-state index contributed by atoms with van der Waals surface area (Å²) in [6.07, 6.45) is 0.417. The molecule has 4 N–H and O–H groups in total. The minimum absolute atomic E-state index is 0. The molecule has 0 saturated carbocycles. The van der Waals surface area contributed by atoms with Gasteiger partial charge in [0.25, 0.3) is 0 Å². The lowest BCUT2D eigenvalue weighted by Crippen LogP contribution is -2.12. The summed E-state index contributed by atoms with van der Waals surface area (Å²) in [6, 6.07) is 4.50. The second kappa shape index (κ2) is 6.50. The van der Waals surface area contributed by atoms with E-state index >= 15 is 0 Å². The van der Waals surface area contributed by atoms with Gasteiger partial charge in [-0.3, -0.25) is 0 Å². The molecule has 5 heteroatoms. The van der Waals surface area contributed by atoms with Crippen LogP contribution in [0.3, 0.4) is 0 Å². The van der Waals surface area contributed by atoms with E-state index in [-0.39, 0.29) is 30.8 Å². The zero-order chi connectivity index (χ0) is 10.6. The normalized spacial score (nSPS) is 11.7. The number of halogens is 1. The van der Waals surface area contributed by atoms with E-state index in [1.807, 2.05) is 0 Å². The predicted molar refractivity (Wildman–Crippen MR) is 60.5 cm³/mol. The molecule has 0 saturated heterocycles. The molecule has 1 atom stereocenters. The zero-order valence-electron chi connectivity index (χ0n) is 8.51. The first-order valence-electron chi connectivity index (χ1n) is 4.42. The number of nitrogens with two attached hydrogens (primary N) is 1. The number of methoxy groups -OCH3 is 1. The van der Waals surface area contributed by atoms with Crippen molar-refractivity contribution in [2.24, 2.45) is 5.73 Å². The van der Waals surface area contributed by atoms with Crippen LogP contribution in [-0.2, 0) is 0 Å². The molecule has 15 heavy (non-hydrogen) atoms. The molecule has 0 aliphatic heterocycles. The van der Waals surface area contributed by atoms with E-state index in [1.54, 1.807) is 19.2 Å². The Hall–Kier alpha value is -0.970. The van der Waals surface area contributed by atoms with Crippen LogP contribution in [0.5, 0.6) is 11.5 Å². The Kier molecular flexibility index (Phi) is 6.08. The van der Waals surface area contributed by atoms with Crippen LogP contribution in [0.4, 0.5) is 0 Å². The van der Waals surface area contributed by atoms with Crippen molar-refractivity contribution in [1.82, 2.24) is 0 Å². The highest BCUT2D eigenvalue weighted by atomic mass is 35.5. The quantitative estimate of drug-likeness (QED) is 0.731. The molecule has 0 amide bonds. The van der Waals surface area contributed by atoms with E-state index in [4.69, 9.17) is 15.6 Å². The fraction of sp³-hybridized carbons (Fsp3) is 0.400. The first kappa shape index (κ1) is 14.0. The minimum atomic E-state index is -0.366. The molecular formula is C10H16ClNO3. The van der Waals surface area contributed by atoms with Gasteiger partial charge in [-0.05, 0) is 24.6 Å². The number of aromatic hydroxyl groups is 1. The summed E-state index contributed by atoms with van der Waals surface area (Å²) in [6.45, 7) is -0.00217. The summed E-state index contributed by atoms with van der Waals surface area (Å²) in [5.74, 6) is 0.776. The van der Waals surface area contributed by atoms with Gasteiger partial charge in [-0.15, -0.1) is 12.4 Å². The maximum atomic E-state index is 9.51. The number of hydrogen-bond acceptors (Lipinski definition) is 4. The van der Waals surface area contributed by atoms with Crippen molar-refractivity contribution in [3.63, 3.8) is 0 Å². The molecule has 0 aliphatic rings. The summed E-state index contributed by atoms with van der Waals surface area (Å²) in [5, 5.41) is 18.2. The second-order valence-electron chi connectivity index (χ2n) is 3.04. The van der Waals surface area contributed by atoms with Crippen LogP contribution < -0.4 is 10.5 Å². The number of rotatable bonds is 4. The van der Waals surface area contributed by atoms with E-state index in [2.05, 4.69) is 0 Å². The fourth-order valence-electron chi connectivity index (χ4n) is 1.25. The maximum absolute atomic E-state index is 9.51. The Balaban J connectivity index is 0.00000196. The molecule has 0 fully saturated rings. The van der Waals surface area contributed by atoms with Crippen LogP contribution in [-0.4, -0.2) is 23.9 Å². The van der Waals surface area contributed by atoms with Gasteiger partial charge in [-0.1, -0.05) is 0 Å². The van der Waals surface area contributed by atoms with Gasteiger partial charge in [0, 0.05) is 18.2 Å². The van der Waals surface area contributed by atoms with Crippen molar-refractivity contribution in [2.45, 2.75) is 12.5 Å². The third-order valence-electron chi connectivity index (χ3n) is 2.07. The van der Waals surface area contributed by atoms with Crippen LogP contribution in [0.2, 0.25) is 0 Å². The van der Waals surface area contributed by atoms with Crippen molar-refractivity contribution >= 4 is 12.4 Å². The molecular weight excluding hydrogens is 218 g/mol. The summed E-state index contributed by atoms with van der Waals surface area (Å²) in [5.41, 5.74) is 6.35. The van der Waals surface area contributed by atoms with Crippen molar-refractivity contribution in [3.05, 3.63) is 23.8 Å². The topological polar surface area (TPSA) is 75.7 Å². The number of aliphatic hydroxyl groups excluding tert-OH is 1. The molecule has 0 aromatic heterocycles. The third-order valence-corrected chi connectivity index (χ3v) is 2.07. The Morgan fingerprint density at radius 2 is 2.13 bits per heavy atom. The number of ether oxygens (including phenoxy) is 1. The number of benzene rings is 1. The molecule has 1 rings (SSSR count).